The topological polar surface area (TPSA) is 79.2 Å². The molecule has 7 heteroatoms. The molecule has 0 aliphatic heterocycles. The van der Waals surface area contributed by atoms with Crippen LogP contribution in [0.3, 0.4) is 0 Å². The van der Waals surface area contributed by atoms with Gasteiger partial charge in [0.2, 0.25) is 0 Å². The summed E-state index contributed by atoms with van der Waals surface area (Å²) in [6, 6.07) is 19.6. The fraction of sp³-hybridized carbons (Fsp3) is 0.0870. The van der Waals surface area contributed by atoms with Crippen LogP contribution < -0.4 is 5.32 Å². The summed E-state index contributed by atoms with van der Waals surface area (Å²) in [5, 5.41) is 18.2. The third-order valence-electron chi connectivity index (χ3n) is 4.95. The monoisotopic (exact) mass is 457 g/mol. The highest BCUT2D eigenvalue weighted by Gasteiger charge is 2.17. The summed E-state index contributed by atoms with van der Waals surface area (Å²) in [5.74, 6) is 1.55. The fourth-order valence-corrected chi connectivity index (χ4v) is 4.14. The lowest BCUT2D eigenvalue weighted by Gasteiger charge is -2.09. The zero-order chi connectivity index (χ0) is 20.7. The molecule has 0 aliphatic rings. The van der Waals surface area contributed by atoms with E-state index in [9.17, 15) is 5.26 Å². The van der Waals surface area contributed by atoms with Crippen LogP contribution in [0.2, 0.25) is 0 Å². The van der Waals surface area contributed by atoms with Crippen LogP contribution in [-0.4, -0.2) is 14.6 Å². The van der Waals surface area contributed by atoms with Crippen molar-refractivity contribution in [3.8, 4) is 17.4 Å². The molecule has 5 aromatic rings. The lowest BCUT2D eigenvalue weighted by atomic mass is 10.1. The van der Waals surface area contributed by atoms with E-state index in [1.807, 2.05) is 49.4 Å². The van der Waals surface area contributed by atoms with E-state index in [0.29, 0.717) is 17.9 Å². The van der Waals surface area contributed by atoms with Gasteiger partial charge in [0.1, 0.15) is 11.4 Å². The Morgan fingerprint density at radius 1 is 1.17 bits per heavy atom. The van der Waals surface area contributed by atoms with Gasteiger partial charge in [-0.2, -0.15) is 14.9 Å². The van der Waals surface area contributed by atoms with Crippen molar-refractivity contribution in [2.75, 3.05) is 5.32 Å². The standard InChI is InChI=1S/C23H16BrN5O/c1-14-10-21(29-20(28-14)8-9-27-29)26-13-15-6-7-19-18(11-15)22(24)23(30-19)17-5-3-2-4-16(17)12-25/h2-11,26H,13H2,1H3. The average Bonchev–Trinajstić information content (AvgIpc) is 3.36. The normalized spacial score (nSPS) is 11.1. The van der Waals surface area contributed by atoms with Crippen molar-refractivity contribution in [1.82, 2.24) is 14.6 Å². The van der Waals surface area contributed by atoms with E-state index in [1.54, 1.807) is 16.8 Å². The second-order valence-electron chi connectivity index (χ2n) is 6.97. The maximum absolute atomic E-state index is 9.42. The molecule has 0 radical (unpaired) electrons. The molecule has 146 valence electrons. The number of hydrogen-bond acceptors (Lipinski definition) is 5. The van der Waals surface area contributed by atoms with Gasteiger partial charge in [-0.05, 0) is 52.7 Å². The summed E-state index contributed by atoms with van der Waals surface area (Å²) < 4.78 is 8.70. The van der Waals surface area contributed by atoms with Gasteiger partial charge < -0.3 is 9.73 Å². The summed E-state index contributed by atoms with van der Waals surface area (Å²) in [4.78, 5) is 4.47. The lowest BCUT2D eigenvalue weighted by molar-refractivity contribution is 0.629. The molecule has 6 nitrogen and oxygen atoms in total. The largest absolute Gasteiger partial charge is 0.455 e. The van der Waals surface area contributed by atoms with E-state index in [1.165, 1.54) is 0 Å². The van der Waals surface area contributed by atoms with Gasteiger partial charge in [-0.1, -0.05) is 18.2 Å². The fourth-order valence-electron chi connectivity index (χ4n) is 3.53. The van der Waals surface area contributed by atoms with E-state index in [2.05, 4.69) is 43.5 Å². The van der Waals surface area contributed by atoms with Crippen molar-refractivity contribution in [2.45, 2.75) is 13.5 Å². The lowest BCUT2D eigenvalue weighted by Crippen LogP contribution is -2.06. The van der Waals surface area contributed by atoms with Crippen LogP contribution in [0.25, 0.3) is 27.9 Å². The van der Waals surface area contributed by atoms with Gasteiger partial charge in [-0.15, -0.1) is 0 Å². The summed E-state index contributed by atoms with van der Waals surface area (Å²) in [7, 11) is 0. The predicted molar refractivity (Wildman–Crippen MR) is 119 cm³/mol. The number of benzene rings is 2. The van der Waals surface area contributed by atoms with E-state index in [0.717, 1.165) is 43.7 Å². The minimum atomic E-state index is 0.579. The Bertz CT molecular complexity index is 1440. The molecule has 30 heavy (non-hydrogen) atoms. The summed E-state index contributed by atoms with van der Waals surface area (Å²) in [5.41, 5.74) is 4.96. The molecule has 1 N–H and O–H groups in total. The number of anilines is 1. The van der Waals surface area contributed by atoms with Gasteiger partial charge >= 0.3 is 0 Å². The molecule has 3 aromatic heterocycles. The van der Waals surface area contributed by atoms with Gasteiger partial charge in [-0.3, -0.25) is 0 Å². The van der Waals surface area contributed by atoms with Crippen molar-refractivity contribution in [3.05, 3.63) is 82.1 Å². The summed E-state index contributed by atoms with van der Waals surface area (Å²) >= 11 is 3.67. The molecule has 0 aliphatic carbocycles. The number of nitriles is 1. The highest BCUT2D eigenvalue weighted by molar-refractivity contribution is 9.10. The van der Waals surface area contributed by atoms with Gasteiger partial charge in [0.25, 0.3) is 0 Å². The number of aromatic nitrogens is 3. The quantitative estimate of drug-likeness (QED) is 0.374. The molecule has 0 spiro atoms. The number of nitrogens with one attached hydrogen (secondary N) is 1. The van der Waals surface area contributed by atoms with Crippen LogP contribution in [0.15, 0.2) is 69.7 Å². The Balaban J connectivity index is 1.49. The highest BCUT2D eigenvalue weighted by Crippen LogP contribution is 2.39. The first-order valence-electron chi connectivity index (χ1n) is 9.40. The van der Waals surface area contributed by atoms with Crippen LogP contribution in [-0.2, 0) is 6.54 Å². The van der Waals surface area contributed by atoms with E-state index >= 15 is 0 Å². The molecule has 0 atom stereocenters. The third-order valence-corrected chi connectivity index (χ3v) is 5.73. The van der Waals surface area contributed by atoms with Crippen molar-refractivity contribution in [3.63, 3.8) is 0 Å². The first kappa shape index (κ1) is 18.4. The first-order chi connectivity index (χ1) is 14.6. The van der Waals surface area contributed by atoms with Crippen molar-refractivity contribution in [2.24, 2.45) is 0 Å². The van der Waals surface area contributed by atoms with E-state index in [-0.39, 0.29) is 0 Å². The van der Waals surface area contributed by atoms with Gasteiger partial charge in [-0.25, -0.2) is 4.98 Å². The molecule has 0 fully saturated rings. The maximum atomic E-state index is 9.42. The Kier molecular flexibility index (Phi) is 4.49. The Morgan fingerprint density at radius 2 is 2.03 bits per heavy atom. The predicted octanol–water partition coefficient (Wildman–Crippen LogP) is 5.70. The SMILES string of the molecule is Cc1cc(NCc2ccc3oc(-c4ccccc4C#N)c(Br)c3c2)n2nccc2n1. The molecule has 0 bridgehead atoms. The van der Waals surface area contributed by atoms with E-state index < -0.39 is 0 Å². The van der Waals surface area contributed by atoms with Crippen LogP contribution >= 0.6 is 15.9 Å². The van der Waals surface area contributed by atoms with Crippen LogP contribution in [0, 0.1) is 18.3 Å². The minimum absolute atomic E-state index is 0.579. The second kappa shape index (κ2) is 7.32. The molecule has 0 amide bonds. The average molecular weight is 458 g/mol. The Hall–Kier alpha value is -3.63. The Morgan fingerprint density at radius 3 is 2.90 bits per heavy atom. The number of nitrogens with zero attached hydrogens (tertiary/aromatic N) is 4. The first-order valence-corrected chi connectivity index (χ1v) is 10.2. The number of furan rings is 1. The van der Waals surface area contributed by atoms with Gasteiger partial charge in [0.05, 0.1) is 22.3 Å². The van der Waals surface area contributed by atoms with Gasteiger partial charge in [0, 0.05) is 35.3 Å². The third kappa shape index (κ3) is 3.11. The van der Waals surface area contributed by atoms with Crippen LogP contribution in [0.1, 0.15) is 16.8 Å². The van der Waals surface area contributed by atoms with Crippen molar-refractivity contribution >= 4 is 38.4 Å². The molecule has 3 heterocycles. The zero-order valence-corrected chi connectivity index (χ0v) is 17.6. The maximum Gasteiger partial charge on any atom is 0.157 e. The second-order valence-corrected chi connectivity index (χ2v) is 7.76. The molecular formula is C23H16BrN5O. The number of hydrogen-bond donors (Lipinski definition) is 1. The highest BCUT2D eigenvalue weighted by atomic mass is 79.9. The molecular weight excluding hydrogens is 442 g/mol. The molecule has 0 unspecified atom stereocenters. The minimum Gasteiger partial charge on any atom is -0.455 e. The molecule has 2 aromatic carbocycles. The van der Waals surface area contributed by atoms with E-state index in [4.69, 9.17) is 4.42 Å². The zero-order valence-electron chi connectivity index (χ0n) is 16.1. The number of aryl methyl sites for hydroxylation is 1. The van der Waals surface area contributed by atoms with Crippen molar-refractivity contribution in [1.29, 1.82) is 5.26 Å². The smallest absolute Gasteiger partial charge is 0.157 e. The number of halogens is 1. The van der Waals surface area contributed by atoms with Crippen LogP contribution in [0.5, 0.6) is 0 Å². The Labute approximate surface area is 180 Å². The molecule has 0 saturated carbocycles. The van der Waals surface area contributed by atoms with Crippen LogP contribution in [0.4, 0.5) is 5.82 Å². The summed E-state index contributed by atoms with van der Waals surface area (Å²) in [6.45, 7) is 2.59. The number of fused-ring (bicyclic) bond motifs is 2. The van der Waals surface area contributed by atoms with Crippen molar-refractivity contribution < 1.29 is 4.42 Å². The van der Waals surface area contributed by atoms with Gasteiger partial charge in [0.15, 0.2) is 11.4 Å². The number of rotatable bonds is 4. The molecule has 0 saturated heterocycles. The summed E-state index contributed by atoms with van der Waals surface area (Å²) in [6.07, 6.45) is 1.74. The molecule has 5 rings (SSSR count).